The molecule has 0 bridgehead atoms. The van der Waals surface area contributed by atoms with Gasteiger partial charge in [0.2, 0.25) is 0 Å². The van der Waals surface area contributed by atoms with Gasteiger partial charge in [0.1, 0.15) is 11.0 Å². The molecule has 4 nitrogen and oxygen atoms in total. The summed E-state index contributed by atoms with van der Waals surface area (Å²) in [5.41, 5.74) is 4.19. The van der Waals surface area contributed by atoms with Crippen molar-refractivity contribution in [2.45, 2.75) is 6.92 Å². The molecule has 1 aromatic carbocycles. The number of H-pyrrole nitrogens is 1. The minimum absolute atomic E-state index is 0.444. The second-order valence-corrected chi connectivity index (χ2v) is 5.02. The van der Waals surface area contributed by atoms with E-state index in [2.05, 4.69) is 21.0 Å². The summed E-state index contributed by atoms with van der Waals surface area (Å²) in [6, 6.07) is 11.4. The van der Waals surface area contributed by atoms with Gasteiger partial charge in [0.15, 0.2) is 0 Å². The molecule has 0 aliphatic heterocycles. The molecule has 0 fully saturated rings. The normalized spacial score (nSPS) is 10.3. The SMILES string of the molecule is Cc1cc(-c2ccc(C#N)cc2-c2ncc[nH]2)cc(Cl)n1. The molecule has 5 heteroatoms. The molecule has 102 valence electrons. The Hall–Kier alpha value is -2.64. The Morgan fingerprint density at radius 1 is 1.19 bits per heavy atom. The molecule has 0 spiro atoms. The van der Waals surface area contributed by atoms with Gasteiger partial charge < -0.3 is 4.98 Å². The number of hydrogen-bond acceptors (Lipinski definition) is 3. The van der Waals surface area contributed by atoms with Crippen molar-refractivity contribution in [1.29, 1.82) is 5.26 Å². The Bertz CT molecular complexity index is 812. The van der Waals surface area contributed by atoms with E-state index in [0.717, 1.165) is 22.4 Å². The molecule has 0 atom stereocenters. The van der Waals surface area contributed by atoms with Crippen LogP contribution in [0.2, 0.25) is 5.15 Å². The van der Waals surface area contributed by atoms with Crippen LogP contribution in [0.4, 0.5) is 0 Å². The number of rotatable bonds is 2. The molecule has 0 amide bonds. The number of aromatic nitrogens is 3. The molecule has 0 unspecified atom stereocenters. The van der Waals surface area contributed by atoms with E-state index in [0.29, 0.717) is 16.5 Å². The van der Waals surface area contributed by atoms with Gasteiger partial charge in [-0.2, -0.15) is 5.26 Å². The summed E-state index contributed by atoms with van der Waals surface area (Å²) in [4.78, 5) is 11.5. The Labute approximate surface area is 127 Å². The Balaban J connectivity index is 2.25. The third-order valence-electron chi connectivity index (χ3n) is 3.14. The number of aryl methyl sites for hydroxylation is 1. The van der Waals surface area contributed by atoms with Gasteiger partial charge >= 0.3 is 0 Å². The minimum Gasteiger partial charge on any atom is -0.345 e. The minimum atomic E-state index is 0.444. The average Bonchev–Trinajstić information content (AvgIpc) is 2.99. The van der Waals surface area contributed by atoms with Crippen LogP contribution >= 0.6 is 11.6 Å². The molecule has 0 saturated heterocycles. The van der Waals surface area contributed by atoms with Crippen LogP contribution in [-0.4, -0.2) is 15.0 Å². The number of benzene rings is 1. The van der Waals surface area contributed by atoms with Crippen LogP contribution in [0.15, 0.2) is 42.7 Å². The predicted octanol–water partition coefficient (Wildman–Crippen LogP) is 3.97. The number of imidazole rings is 1. The highest BCUT2D eigenvalue weighted by Crippen LogP contribution is 2.32. The van der Waals surface area contributed by atoms with Crippen LogP contribution in [0.1, 0.15) is 11.3 Å². The number of aromatic amines is 1. The van der Waals surface area contributed by atoms with Gasteiger partial charge in [-0.3, -0.25) is 0 Å². The molecule has 0 aliphatic rings. The maximum atomic E-state index is 9.10. The van der Waals surface area contributed by atoms with Crippen molar-refractivity contribution < 1.29 is 0 Å². The van der Waals surface area contributed by atoms with Gasteiger partial charge in [0, 0.05) is 23.7 Å². The first-order valence-corrected chi connectivity index (χ1v) is 6.73. The van der Waals surface area contributed by atoms with Gasteiger partial charge in [-0.1, -0.05) is 17.7 Å². The van der Waals surface area contributed by atoms with E-state index in [9.17, 15) is 0 Å². The molecular weight excluding hydrogens is 284 g/mol. The van der Waals surface area contributed by atoms with Crippen molar-refractivity contribution in [2.24, 2.45) is 0 Å². The molecule has 3 aromatic rings. The lowest BCUT2D eigenvalue weighted by Gasteiger charge is -2.09. The summed E-state index contributed by atoms with van der Waals surface area (Å²) in [6.07, 6.45) is 3.44. The van der Waals surface area contributed by atoms with E-state index < -0.39 is 0 Å². The lowest BCUT2D eigenvalue weighted by molar-refractivity contribution is 1.20. The van der Waals surface area contributed by atoms with Crippen LogP contribution in [0.5, 0.6) is 0 Å². The topological polar surface area (TPSA) is 65.4 Å². The molecule has 21 heavy (non-hydrogen) atoms. The number of hydrogen-bond donors (Lipinski definition) is 1. The fourth-order valence-electron chi connectivity index (χ4n) is 2.26. The number of nitrogens with one attached hydrogen (secondary N) is 1. The predicted molar refractivity (Wildman–Crippen MR) is 81.7 cm³/mol. The summed E-state index contributed by atoms with van der Waals surface area (Å²) in [6.45, 7) is 1.89. The summed E-state index contributed by atoms with van der Waals surface area (Å²) >= 11 is 6.05. The number of pyridine rings is 1. The van der Waals surface area contributed by atoms with Crippen LogP contribution in [-0.2, 0) is 0 Å². The monoisotopic (exact) mass is 294 g/mol. The fraction of sp³-hybridized carbons (Fsp3) is 0.0625. The third kappa shape index (κ3) is 2.64. The van der Waals surface area contributed by atoms with Gasteiger partial charge in [-0.25, -0.2) is 9.97 Å². The maximum Gasteiger partial charge on any atom is 0.137 e. The zero-order chi connectivity index (χ0) is 14.8. The Morgan fingerprint density at radius 3 is 2.71 bits per heavy atom. The summed E-state index contributed by atoms with van der Waals surface area (Å²) < 4.78 is 0. The Morgan fingerprint density at radius 2 is 2.05 bits per heavy atom. The lowest BCUT2D eigenvalue weighted by Crippen LogP contribution is -1.91. The molecule has 2 heterocycles. The van der Waals surface area contributed by atoms with Crippen LogP contribution < -0.4 is 0 Å². The average molecular weight is 295 g/mol. The first-order chi connectivity index (χ1) is 10.2. The van der Waals surface area contributed by atoms with Crippen molar-refractivity contribution in [2.75, 3.05) is 0 Å². The van der Waals surface area contributed by atoms with E-state index in [1.165, 1.54) is 0 Å². The summed E-state index contributed by atoms with van der Waals surface area (Å²) in [5.74, 6) is 0.715. The molecule has 0 radical (unpaired) electrons. The third-order valence-corrected chi connectivity index (χ3v) is 3.33. The fourth-order valence-corrected chi connectivity index (χ4v) is 2.51. The standard InChI is InChI=1S/C16H11ClN4/c1-10-6-12(8-15(17)21-10)13-3-2-11(9-18)7-14(13)16-19-4-5-20-16/h2-8H,1H3,(H,19,20). The molecule has 0 saturated carbocycles. The van der Waals surface area contributed by atoms with Crippen molar-refractivity contribution in [1.82, 2.24) is 15.0 Å². The quantitative estimate of drug-likeness (QED) is 0.727. The van der Waals surface area contributed by atoms with Crippen LogP contribution in [0, 0.1) is 18.3 Å². The highest BCUT2D eigenvalue weighted by Gasteiger charge is 2.12. The Kier molecular flexibility index (Phi) is 3.43. The summed E-state index contributed by atoms with van der Waals surface area (Å²) in [5, 5.41) is 9.54. The molecule has 2 aromatic heterocycles. The second kappa shape index (κ2) is 5.39. The smallest absolute Gasteiger partial charge is 0.137 e. The van der Waals surface area contributed by atoms with E-state index in [1.54, 1.807) is 18.5 Å². The highest BCUT2D eigenvalue weighted by atomic mass is 35.5. The van der Waals surface area contributed by atoms with Crippen LogP contribution in [0.25, 0.3) is 22.5 Å². The molecule has 1 N–H and O–H groups in total. The van der Waals surface area contributed by atoms with Crippen molar-refractivity contribution >= 4 is 11.6 Å². The largest absolute Gasteiger partial charge is 0.345 e. The first kappa shape index (κ1) is 13.3. The highest BCUT2D eigenvalue weighted by molar-refractivity contribution is 6.29. The molecular formula is C16H11ClN4. The number of nitriles is 1. The van der Waals surface area contributed by atoms with Crippen molar-refractivity contribution in [3.8, 4) is 28.6 Å². The first-order valence-electron chi connectivity index (χ1n) is 6.36. The number of nitrogens with zero attached hydrogens (tertiary/aromatic N) is 3. The number of halogens is 1. The van der Waals surface area contributed by atoms with Crippen LogP contribution in [0.3, 0.4) is 0 Å². The van der Waals surface area contributed by atoms with Crippen molar-refractivity contribution in [3.63, 3.8) is 0 Å². The summed E-state index contributed by atoms with van der Waals surface area (Å²) in [7, 11) is 0. The van der Waals surface area contributed by atoms with E-state index in [-0.39, 0.29) is 0 Å². The van der Waals surface area contributed by atoms with E-state index in [4.69, 9.17) is 16.9 Å². The van der Waals surface area contributed by atoms with E-state index in [1.807, 2.05) is 31.2 Å². The van der Waals surface area contributed by atoms with Gasteiger partial charge in [0.05, 0.1) is 11.6 Å². The van der Waals surface area contributed by atoms with Gasteiger partial charge in [0.25, 0.3) is 0 Å². The molecule has 0 aliphatic carbocycles. The lowest BCUT2D eigenvalue weighted by atomic mass is 9.97. The second-order valence-electron chi connectivity index (χ2n) is 4.63. The zero-order valence-corrected chi connectivity index (χ0v) is 12.0. The zero-order valence-electron chi connectivity index (χ0n) is 11.3. The van der Waals surface area contributed by atoms with E-state index >= 15 is 0 Å². The van der Waals surface area contributed by atoms with Gasteiger partial charge in [-0.05, 0) is 42.3 Å². The molecule has 3 rings (SSSR count). The van der Waals surface area contributed by atoms with Gasteiger partial charge in [-0.15, -0.1) is 0 Å². The van der Waals surface area contributed by atoms with Crippen molar-refractivity contribution in [3.05, 3.63) is 59.1 Å². The maximum absolute atomic E-state index is 9.10.